The highest BCUT2D eigenvalue weighted by Gasteiger charge is 2.22. The average Bonchev–Trinajstić information content (AvgIpc) is 2.47. The minimum atomic E-state index is -3.61. The van der Waals surface area contributed by atoms with Gasteiger partial charge in [-0.15, -0.1) is 0 Å². The average molecular weight is 308 g/mol. The molecule has 2 N–H and O–H groups in total. The van der Waals surface area contributed by atoms with Gasteiger partial charge in [0.15, 0.2) is 9.84 Å². The van der Waals surface area contributed by atoms with Gasteiger partial charge in [0.25, 0.3) is 0 Å². The summed E-state index contributed by atoms with van der Waals surface area (Å²) in [6.45, 7) is 0. The van der Waals surface area contributed by atoms with Crippen molar-refractivity contribution >= 4 is 15.5 Å². The lowest BCUT2D eigenvalue weighted by Gasteiger charge is -2.11. The van der Waals surface area contributed by atoms with Crippen LogP contribution in [-0.4, -0.2) is 27.6 Å². The number of hydrogen-bond donors (Lipinski definition) is 1. The van der Waals surface area contributed by atoms with E-state index in [4.69, 9.17) is 15.2 Å². The zero-order chi connectivity index (χ0) is 15.5. The van der Waals surface area contributed by atoms with E-state index >= 15 is 0 Å². The highest BCUT2D eigenvalue weighted by atomic mass is 32.2. The van der Waals surface area contributed by atoms with Crippen LogP contribution < -0.4 is 15.2 Å². The number of methoxy groups -OCH3 is 2. The smallest absolute Gasteiger partial charge is 0.217 e. The standard InChI is InChI=1S/C14H16N2O4S/c1-19-12-8-11(15)5-6-13(12)21(17,18)9-10-4-3-7-16-14(10)20-2/h3-8H,9,15H2,1-2H3. The van der Waals surface area contributed by atoms with E-state index in [1.807, 2.05) is 0 Å². The van der Waals surface area contributed by atoms with Gasteiger partial charge in [0.2, 0.25) is 5.88 Å². The predicted octanol–water partition coefficient (Wildman–Crippen LogP) is 1.65. The lowest BCUT2D eigenvalue weighted by atomic mass is 10.3. The number of hydrogen-bond acceptors (Lipinski definition) is 6. The molecule has 0 atom stereocenters. The Morgan fingerprint density at radius 3 is 2.62 bits per heavy atom. The summed E-state index contributed by atoms with van der Waals surface area (Å²) in [5.41, 5.74) is 6.56. The molecular weight excluding hydrogens is 292 g/mol. The molecule has 0 spiro atoms. The number of benzene rings is 1. The van der Waals surface area contributed by atoms with Crippen molar-refractivity contribution in [3.63, 3.8) is 0 Å². The largest absolute Gasteiger partial charge is 0.495 e. The van der Waals surface area contributed by atoms with Crippen molar-refractivity contribution in [2.75, 3.05) is 20.0 Å². The van der Waals surface area contributed by atoms with Crippen molar-refractivity contribution in [1.29, 1.82) is 0 Å². The fourth-order valence-corrected chi connectivity index (χ4v) is 3.45. The first-order valence-electron chi connectivity index (χ1n) is 6.12. The van der Waals surface area contributed by atoms with Crippen LogP contribution >= 0.6 is 0 Å². The van der Waals surface area contributed by atoms with E-state index in [1.165, 1.54) is 32.4 Å². The van der Waals surface area contributed by atoms with Crippen molar-refractivity contribution in [1.82, 2.24) is 4.98 Å². The summed E-state index contributed by atoms with van der Waals surface area (Å²) in [5.74, 6) is 0.276. The van der Waals surface area contributed by atoms with Crippen molar-refractivity contribution in [2.45, 2.75) is 10.6 Å². The summed E-state index contributed by atoms with van der Waals surface area (Å²) in [6.07, 6.45) is 1.54. The second-order valence-corrected chi connectivity index (χ2v) is 6.30. The number of nitrogen functional groups attached to an aromatic ring is 1. The summed E-state index contributed by atoms with van der Waals surface area (Å²) < 4.78 is 35.3. The van der Waals surface area contributed by atoms with Crippen molar-refractivity contribution in [3.05, 3.63) is 42.1 Å². The lowest BCUT2D eigenvalue weighted by molar-refractivity contribution is 0.393. The second kappa shape index (κ2) is 6.01. The molecule has 1 aromatic heterocycles. The Bertz CT molecular complexity index is 744. The van der Waals surface area contributed by atoms with Gasteiger partial charge >= 0.3 is 0 Å². The Hall–Kier alpha value is -2.28. The zero-order valence-corrected chi connectivity index (χ0v) is 12.6. The number of ether oxygens (including phenoxy) is 2. The highest BCUT2D eigenvalue weighted by Crippen LogP contribution is 2.30. The van der Waals surface area contributed by atoms with E-state index in [9.17, 15) is 8.42 Å². The molecule has 2 rings (SSSR count). The number of rotatable bonds is 5. The highest BCUT2D eigenvalue weighted by molar-refractivity contribution is 7.90. The van der Waals surface area contributed by atoms with Gasteiger partial charge in [0.1, 0.15) is 10.6 Å². The SMILES string of the molecule is COc1cc(N)ccc1S(=O)(=O)Cc1cccnc1OC. The van der Waals surface area contributed by atoms with Crippen LogP contribution in [-0.2, 0) is 15.6 Å². The van der Waals surface area contributed by atoms with E-state index in [0.29, 0.717) is 11.3 Å². The van der Waals surface area contributed by atoms with Gasteiger partial charge in [-0.3, -0.25) is 0 Å². The summed E-state index contributed by atoms with van der Waals surface area (Å²) in [4.78, 5) is 4.08. The van der Waals surface area contributed by atoms with Gasteiger partial charge in [-0.1, -0.05) is 6.07 Å². The first-order valence-corrected chi connectivity index (χ1v) is 7.77. The number of sulfone groups is 1. The van der Waals surface area contributed by atoms with Crippen LogP contribution in [0.5, 0.6) is 11.6 Å². The van der Waals surface area contributed by atoms with E-state index in [0.717, 1.165) is 0 Å². The maximum absolute atomic E-state index is 12.6. The van der Waals surface area contributed by atoms with E-state index in [-0.39, 0.29) is 22.3 Å². The molecule has 0 saturated heterocycles. The molecule has 0 unspecified atom stereocenters. The zero-order valence-electron chi connectivity index (χ0n) is 11.7. The first kappa shape index (κ1) is 15.1. The predicted molar refractivity (Wildman–Crippen MR) is 79.1 cm³/mol. The van der Waals surface area contributed by atoms with Gasteiger partial charge in [0, 0.05) is 23.5 Å². The van der Waals surface area contributed by atoms with Crippen LogP contribution in [0, 0.1) is 0 Å². The van der Waals surface area contributed by atoms with E-state index in [1.54, 1.807) is 18.3 Å². The number of pyridine rings is 1. The van der Waals surface area contributed by atoms with Crippen LogP contribution in [0.3, 0.4) is 0 Å². The Morgan fingerprint density at radius 1 is 1.19 bits per heavy atom. The van der Waals surface area contributed by atoms with Gasteiger partial charge in [0.05, 0.1) is 20.0 Å². The van der Waals surface area contributed by atoms with Gasteiger partial charge < -0.3 is 15.2 Å². The third-order valence-corrected chi connectivity index (χ3v) is 4.61. The fourth-order valence-electron chi connectivity index (χ4n) is 1.94. The third-order valence-electron chi connectivity index (χ3n) is 2.91. The topological polar surface area (TPSA) is 91.5 Å². The monoisotopic (exact) mass is 308 g/mol. The van der Waals surface area contributed by atoms with Crippen LogP contribution in [0.25, 0.3) is 0 Å². The minimum absolute atomic E-state index is 0.0881. The molecule has 0 aliphatic heterocycles. The quantitative estimate of drug-likeness (QED) is 0.845. The molecule has 0 bridgehead atoms. The Morgan fingerprint density at radius 2 is 1.95 bits per heavy atom. The number of nitrogens with two attached hydrogens (primary N) is 1. The molecule has 6 nitrogen and oxygen atoms in total. The second-order valence-electron chi connectivity index (χ2n) is 4.34. The maximum atomic E-state index is 12.6. The van der Waals surface area contributed by atoms with Gasteiger partial charge in [-0.2, -0.15) is 0 Å². The molecule has 0 fully saturated rings. The molecule has 2 aromatic rings. The number of aromatic nitrogens is 1. The van der Waals surface area contributed by atoms with Gasteiger partial charge in [-0.25, -0.2) is 13.4 Å². The molecule has 0 saturated carbocycles. The molecule has 21 heavy (non-hydrogen) atoms. The summed E-state index contributed by atoms with van der Waals surface area (Å²) >= 11 is 0. The normalized spacial score (nSPS) is 11.1. The molecule has 0 aliphatic carbocycles. The third kappa shape index (κ3) is 3.25. The number of nitrogens with zero attached hydrogens (tertiary/aromatic N) is 1. The minimum Gasteiger partial charge on any atom is -0.495 e. The summed E-state index contributed by atoms with van der Waals surface area (Å²) in [7, 11) is -0.758. The molecule has 0 aliphatic rings. The molecule has 1 aromatic carbocycles. The molecule has 112 valence electrons. The Balaban J connectivity index is 2.43. The van der Waals surface area contributed by atoms with Crippen LogP contribution in [0.1, 0.15) is 5.56 Å². The lowest BCUT2D eigenvalue weighted by Crippen LogP contribution is -2.08. The molecule has 1 heterocycles. The van der Waals surface area contributed by atoms with Crippen LogP contribution in [0.4, 0.5) is 5.69 Å². The van der Waals surface area contributed by atoms with E-state index < -0.39 is 9.84 Å². The van der Waals surface area contributed by atoms with Crippen LogP contribution in [0.2, 0.25) is 0 Å². The summed E-state index contributed by atoms with van der Waals surface area (Å²) in [6, 6.07) is 7.76. The van der Waals surface area contributed by atoms with E-state index in [2.05, 4.69) is 4.98 Å². The van der Waals surface area contributed by atoms with Gasteiger partial charge in [-0.05, 0) is 18.2 Å². The Labute approximate surface area is 123 Å². The molecular formula is C14H16N2O4S. The fraction of sp³-hybridized carbons (Fsp3) is 0.214. The Kier molecular flexibility index (Phi) is 4.32. The number of anilines is 1. The molecule has 0 radical (unpaired) electrons. The van der Waals surface area contributed by atoms with Crippen molar-refractivity contribution in [2.24, 2.45) is 0 Å². The summed E-state index contributed by atoms with van der Waals surface area (Å²) in [5, 5.41) is 0. The first-order chi connectivity index (χ1) is 9.97. The van der Waals surface area contributed by atoms with Crippen LogP contribution in [0.15, 0.2) is 41.4 Å². The maximum Gasteiger partial charge on any atom is 0.217 e. The molecule has 7 heteroatoms. The van der Waals surface area contributed by atoms with Crippen molar-refractivity contribution in [3.8, 4) is 11.6 Å². The van der Waals surface area contributed by atoms with Crippen molar-refractivity contribution < 1.29 is 17.9 Å². The molecule has 0 amide bonds.